The highest BCUT2D eigenvalue weighted by atomic mass is 79.9. The van der Waals surface area contributed by atoms with Crippen molar-refractivity contribution in [3.05, 3.63) is 28.2 Å². The Balaban J connectivity index is 3.09. The number of aliphatic carboxylic acids is 1. The maximum atomic E-state index is 12.9. The minimum absolute atomic E-state index is 0.225. The van der Waals surface area contributed by atoms with Gasteiger partial charge in [-0.1, -0.05) is 29.3 Å². The Morgan fingerprint density at radius 1 is 1.47 bits per heavy atom. The molecule has 1 unspecified atom stereocenters. The third kappa shape index (κ3) is 4.41. The molecule has 0 radical (unpaired) electrons. The molecule has 0 saturated heterocycles. The van der Waals surface area contributed by atoms with Gasteiger partial charge in [0.2, 0.25) is 0 Å². The highest BCUT2D eigenvalue weighted by Gasteiger charge is 2.34. The standard InChI is InChI=1S/C12H13BrF3NO2/c1-2-3-10(11(18)19)17-9-5-4-7(13)6-8(9)12(14,15)16/h4-6,10,17H,2-3H2,1H3,(H,18,19). The highest BCUT2D eigenvalue weighted by Crippen LogP contribution is 2.37. The Morgan fingerprint density at radius 3 is 2.58 bits per heavy atom. The number of anilines is 1. The molecule has 1 atom stereocenters. The molecule has 1 aromatic rings. The number of halogens is 4. The predicted octanol–water partition coefficient (Wildman–Crippen LogP) is 4.13. The molecule has 7 heteroatoms. The van der Waals surface area contributed by atoms with E-state index in [2.05, 4.69) is 21.2 Å². The van der Waals surface area contributed by atoms with Crippen LogP contribution in [0, 0.1) is 0 Å². The molecular formula is C12H13BrF3NO2. The van der Waals surface area contributed by atoms with E-state index in [4.69, 9.17) is 5.11 Å². The summed E-state index contributed by atoms with van der Waals surface area (Å²) < 4.78 is 38.9. The van der Waals surface area contributed by atoms with E-state index in [0.717, 1.165) is 6.07 Å². The normalized spacial score (nSPS) is 13.1. The molecule has 1 aromatic carbocycles. The summed E-state index contributed by atoms with van der Waals surface area (Å²) in [6.07, 6.45) is -3.73. The van der Waals surface area contributed by atoms with Gasteiger partial charge in [-0.2, -0.15) is 13.2 Å². The third-order valence-corrected chi connectivity index (χ3v) is 2.99. The van der Waals surface area contributed by atoms with Crippen molar-refractivity contribution in [3.63, 3.8) is 0 Å². The van der Waals surface area contributed by atoms with Gasteiger partial charge in [0.05, 0.1) is 5.56 Å². The van der Waals surface area contributed by atoms with E-state index in [0.29, 0.717) is 6.42 Å². The fourth-order valence-corrected chi connectivity index (χ4v) is 1.97. The molecule has 0 aliphatic heterocycles. The lowest BCUT2D eigenvalue weighted by atomic mass is 10.1. The lowest BCUT2D eigenvalue weighted by Gasteiger charge is -2.19. The number of nitrogens with one attached hydrogen (secondary N) is 1. The van der Waals surface area contributed by atoms with Crippen LogP contribution in [0.15, 0.2) is 22.7 Å². The fraction of sp³-hybridized carbons (Fsp3) is 0.417. The average Bonchev–Trinajstić information content (AvgIpc) is 2.29. The summed E-state index contributed by atoms with van der Waals surface area (Å²) in [4.78, 5) is 11.0. The van der Waals surface area contributed by atoms with Crippen LogP contribution in [0.5, 0.6) is 0 Å². The molecule has 0 amide bonds. The summed E-state index contributed by atoms with van der Waals surface area (Å²) >= 11 is 2.97. The van der Waals surface area contributed by atoms with Crippen LogP contribution >= 0.6 is 15.9 Å². The summed E-state index contributed by atoms with van der Waals surface area (Å²) in [6, 6.07) is 2.54. The van der Waals surface area contributed by atoms with E-state index in [1.54, 1.807) is 6.92 Å². The second-order valence-corrected chi connectivity index (χ2v) is 4.93. The second kappa shape index (κ2) is 6.27. The zero-order valence-corrected chi connectivity index (χ0v) is 11.7. The third-order valence-electron chi connectivity index (χ3n) is 2.49. The Morgan fingerprint density at radius 2 is 2.11 bits per heavy atom. The largest absolute Gasteiger partial charge is 0.480 e. The van der Waals surface area contributed by atoms with E-state index in [-0.39, 0.29) is 16.6 Å². The number of alkyl halides is 3. The van der Waals surface area contributed by atoms with Crippen LogP contribution in [-0.2, 0) is 11.0 Å². The number of carboxylic acid groups (broad SMARTS) is 1. The average molecular weight is 340 g/mol. The van der Waals surface area contributed by atoms with Crippen molar-refractivity contribution in [2.24, 2.45) is 0 Å². The maximum absolute atomic E-state index is 12.9. The molecule has 0 spiro atoms. The molecule has 0 heterocycles. The van der Waals surface area contributed by atoms with Gasteiger partial charge in [0.1, 0.15) is 6.04 Å². The second-order valence-electron chi connectivity index (χ2n) is 4.01. The summed E-state index contributed by atoms with van der Waals surface area (Å²) in [5, 5.41) is 11.4. The Labute approximate surface area is 116 Å². The molecule has 0 aliphatic rings. The van der Waals surface area contributed by atoms with Crippen molar-refractivity contribution in [2.45, 2.75) is 32.0 Å². The molecule has 0 fully saturated rings. The van der Waals surface area contributed by atoms with Crippen LogP contribution in [0.25, 0.3) is 0 Å². The van der Waals surface area contributed by atoms with Gasteiger partial charge in [-0.3, -0.25) is 0 Å². The van der Waals surface area contributed by atoms with Gasteiger partial charge < -0.3 is 10.4 Å². The number of carbonyl (C=O) groups is 1. The Kier molecular flexibility index (Phi) is 5.22. The minimum Gasteiger partial charge on any atom is -0.480 e. The molecule has 0 aliphatic carbocycles. The lowest BCUT2D eigenvalue weighted by molar-refractivity contribution is -0.139. The van der Waals surface area contributed by atoms with Crippen molar-refractivity contribution in [3.8, 4) is 0 Å². The van der Waals surface area contributed by atoms with Crippen LogP contribution in [-0.4, -0.2) is 17.1 Å². The summed E-state index contributed by atoms with van der Waals surface area (Å²) in [5.41, 5.74) is -1.11. The molecule has 0 aromatic heterocycles. The molecule has 0 saturated carbocycles. The van der Waals surface area contributed by atoms with E-state index in [1.807, 2.05) is 0 Å². The van der Waals surface area contributed by atoms with Crippen molar-refractivity contribution in [1.82, 2.24) is 0 Å². The zero-order chi connectivity index (χ0) is 14.6. The summed E-state index contributed by atoms with van der Waals surface area (Å²) in [7, 11) is 0. The predicted molar refractivity (Wildman–Crippen MR) is 69.1 cm³/mol. The van der Waals surface area contributed by atoms with Crippen LogP contribution in [0.4, 0.5) is 18.9 Å². The first kappa shape index (κ1) is 15.8. The number of hydrogen-bond acceptors (Lipinski definition) is 2. The van der Waals surface area contributed by atoms with E-state index in [9.17, 15) is 18.0 Å². The highest BCUT2D eigenvalue weighted by molar-refractivity contribution is 9.10. The SMILES string of the molecule is CCCC(Nc1ccc(Br)cc1C(F)(F)F)C(=O)O. The summed E-state index contributed by atoms with van der Waals surface area (Å²) in [6.45, 7) is 1.77. The first-order chi connectivity index (χ1) is 8.75. The minimum atomic E-state index is -4.54. The molecule has 106 valence electrons. The number of hydrogen-bond donors (Lipinski definition) is 2. The van der Waals surface area contributed by atoms with Gasteiger partial charge in [0.15, 0.2) is 0 Å². The van der Waals surface area contributed by atoms with Crippen molar-refractivity contribution < 1.29 is 23.1 Å². The molecule has 2 N–H and O–H groups in total. The smallest absolute Gasteiger partial charge is 0.418 e. The molecule has 1 rings (SSSR count). The van der Waals surface area contributed by atoms with Crippen LogP contribution in [0.1, 0.15) is 25.3 Å². The first-order valence-electron chi connectivity index (χ1n) is 5.61. The van der Waals surface area contributed by atoms with Crippen LogP contribution in [0.2, 0.25) is 0 Å². The zero-order valence-electron chi connectivity index (χ0n) is 10.1. The summed E-state index contributed by atoms with van der Waals surface area (Å²) in [5.74, 6) is -1.17. The van der Waals surface area contributed by atoms with Gasteiger partial charge in [-0.15, -0.1) is 0 Å². The number of benzene rings is 1. The van der Waals surface area contributed by atoms with E-state index < -0.39 is 23.8 Å². The van der Waals surface area contributed by atoms with Crippen molar-refractivity contribution in [2.75, 3.05) is 5.32 Å². The molecular weight excluding hydrogens is 327 g/mol. The fourth-order valence-electron chi connectivity index (χ4n) is 1.61. The van der Waals surface area contributed by atoms with Gasteiger partial charge in [0.25, 0.3) is 0 Å². The number of carboxylic acids is 1. The molecule has 3 nitrogen and oxygen atoms in total. The Hall–Kier alpha value is -1.24. The van der Waals surface area contributed by atoms with E-state index in [1.165, 1.54) is 12.1 Å². The molecule has 19 heavy (non-hydrogen) atoms. The van der Waals surface area contributed by atoms with Crippen LogP contribution in [0.3, 0.4) is 0 Å². The monoisotopic (exact) mass is 339 g/mol. The van der Waals surface area contributed by atoms with Crippen LogP contribution < -0.4 is 5.32 Å². The van der Waals surface area contributed by atoms with E-state index >= 15 is 0 Å². The Bertz CT molecular complexity index is 463. The maximum Gasteiger partial charge on any atom is 0.418 e. The topological polar surface area (TPSA) is 49.3 Å². The van der Waals surface area contributed by atoms with Crippen molar-refractivity contribution in [1.29, 1.82) is 0 Å². The van der Waals surface area contributed by atoms with Crippen molar-refractivity contribution >= 4 is 27.6 Å². The first-order valence-corrected chi connectivity index (χ1v) is 6.41. The van der Waals surface area contributed by atoms with Gasteiger partial charge in [-0.05, 0) is 24.6 Å². The van der Waals surface area contributed by atoms with Gasteiger partial charge >= 0.3 is 12.1 Å². The van der Waals surface area contributed by atoms with Gasteiger partial charge in [0, 0.05) is 10.2 Å². The quantitative estimate of drug-likeness (QED) is 0.847. The number of rotatable bonds is 5. The lowest BCUT2D eigenvalue weighted by Crippen LogP contribution is -2.30. The molecule has 0 bridgehead atoms. The van der Waals surface area contributed by atoms with Gasteiger partial charge in [-0.25, -0.2) is 4.79 Å².